The molecule has 0 aliphatic carbocycles. The average Bonchev–Trinajstić information content (AvgIpc) is 3.18. The molecule has 4 rings (SSSR count). The summed E-state index contributed by atoms with van der Waals surface area (Å²) in [5, 5.41) is 6.00. The largest absolute Gasteiger partial charge is 0.436 e. The topological polar surface area (TPSA) is 67.2 Å². The van der Waals surface area contributed by atoms with Crippen LogP contribution < -0.4 is 10.6 Å². The molecule has 4 aromatic rings. The van der Waals surface area contributed by atoms with Crippen LogP contribution in [0, 0.1) is 0 Å². The van der Waals surface area contributed by atoms with E-state index in [-0.39, 0.29) is 16.4 Å². The van der Waals surface area contributed by atoms with Crippen LogP contribution in [0.5, 0.6) is 0 Å². The average molecular weight is 430 g/mol. The van der Waals surface area contributed by atoms with Gasteiger partial charge >= 0.3 is 0 Å². The lowest BCUT2D eigenvalue weighted by molar-refractivity contribution is 0.0977. The highest BCUT2D eigenvalue weighted by atomic mass is 32.1. The first-order chi connectivity index (χ1) is 14.8. The molecule has 0 spiro atoms. The number of carbonyl (C=O) groups excluding carboxylic acids is 1. The summed E-state index contributed by atoms with van der Waals surface area (Å²) in [6.45, 7) is 6.41. The van der Waals surface area contributed by atoms with Crippen molar-refractivity contribution in [2.75, 3.05) is 5.32 Å². The summed E-state index contributed by atoms with van der Waals surface area (Å²) < 4.78 is 5.83. The zero-order chi connectivity index (χ0) is 22.0. The van der Waals surface area contributed by atoms with Gasteiger partial charge in [-0.2, -0.15) is 0 Å². The zero-order valence-electron chi connectivity index (χ0n) is 17.6. The molecule has 31 heavy (non-hydrogen) atoms. The van der Waals surface area contributed by atoms with Gasteiger partial charge < -0.3 is 9.73 Å². The Morgan fingerprint density at radius 2 is 1.71 bits per heavy atom. The van der Waals surface area contributed by atoms with Gasteiger partial charge in [-0.15, -0.1) is 0 Å². The second-order valence-electron chi connectivity index (χ2n) is 8.30. The van der Waals surface area contributed by atoms with Crippen LogP contribution in [0.2, 0.25) is 0 Å². The Hall–Kier alpha value is -3.51. The fourth-order valence-electron chi connectivity index (χ4n) is 3.18. The Balaban J connectivity index is 1.44. The lowest BCUT2D eigenvalue weighted by atomic mass is 9.87. The Labute approximate surface area is 186 Å². The van der Waals surface area contributed by atoms with E-state index in [9.17, 15) is 4.79 Å². The van der Waals surface area contributed by atoms with Gasteiger partial charge in [-0.25, -0.2) is 4.98 Å². The smallest absolute Gasteiger partial charge is 0.257 e. The molecule has 0 radical (unpaired) electrons. The van der Waals surface area contributed by atoms with Gasteiger partial charge in [0.15, 0.2) is 10.7 Å². The molecule has 6 heteroatoms. The van der Waals surface area contributed by atoms with Crippen molar-refractivity contribution in [2.45, 2.75) is 26.2 Å². The first kappa shape index (κ1) is 20.8. The maximum absolute atomic E-state index is 12.5. The standard InChI is InChI=1S/C25H23N3O2S/c1-25(2,3)18-13-11-16(12-14-18)22(29)28-24(31)26-19-8-6-7-17(15-19)23-27-20-9-4-5-10-21(20)30-23/h4-15H,1-3H3,(H2,26,28,29,31). The second-order valence-corrected chi connectivity index (χ2v) is 8.71. The molecule has 0 saturated carbocycles. The van der Waals surface area contributed by atoms with Gasteiger partial charge in [0.1, 0.15) is 5.52 Å². The number of carbonyl (C=O) groups is 1. The fraction of sp³-hybridized carbons (Fsp3) is 0.160. The molecule has 0 aliphatic heterocycles. The minimum Gasteiger partial charge on any atom is -0.436 e. The van der Waals surface area contributed by atoms with Crippen molar-refractivity contribution < 1.29 is 9.21 Å². The van der Waals surface area contributed by atoms with E-state index in [0.717, 1.165) is 22.4 Å². The Morgan fingerprint density at radius 3 is 2.42 bits per heavy atom. The predicted molar refractivity (Wildman–Crippen MR) is 128 cm³/mol. The van der Waals surface area contributed by atoms with Crippen LogP contribution in [0.3, 0.4) is 0 Å². The lowest BCUT2D eigenvalue weighted by Crippen LogP contribution is -2.34. The number of nitrogens with zero attached hydrogens (tertiary/aromatic N) is 1. The number of thiocarbonyl (C=S) groups is 1. The zero-order valence-corrected chi connectivity index (χ0v) is 18.4. The quantitative estimate of drug-likeness (QED) is 0.396. The van der Waals surface area contributed by atoms with Crippen LogP contribution >= 0.6 is 12.2 Å². The fourth-order valence-corrected chi connectivity index (χ4v) is 3.40. The maximum Gasteiger partial charge on any atom is 0.257 e. The van der Waals surface area contributed by atoms with Gasteiger partial charge in [-0.3, -0.25) is 10.1 Å². The summed E-state index contributed by atoms with van der Waals surface area (Å²) >= 11 is 5.33. The number of benzene rings is 3. The van der Waals surface area contributed by atoms with Crippen LogP contribution in [-0.4, -0.2) is 16.0 Å². The number of oxazole rings is 1. The third-order valence-corrected chi connectivity index (χ3v) is 5.11. The van der Waals surface area contributed by atoms with Crippen LogP contribution in [0.4, 0.5) is 5.69 Å². The number of para-hydroxylation sites is 2. The summed E-state index contributed by atoms with van der Waals surface area (Å²) in [7, 11) is 0. The molecule has 1 aromatic heterocycles. The highest BCUT2D eigenvalue weighted by Crippen LogP contribution is 2.26. The summed E-state index contributed by atoms with van der Waals surface area (Å²) in [5.74, 6) is 0.270. The highest BCUT2D eigenvalue weighted by molar-refractivity contribution is 7.80. The predicted octanol–water partition coefficient (Wildman–Crippen LogP) is 5.92. The molecule has 5 nitrogen and oxygen atoms in total. The molecule has 3 aromatic carbocycles. The third kappa shape index (κ3) is 4.81. The molecule has 0 saturated heterocycles. The summed E-state index contributed by atoms with van der Waals surface area (Å²) in [4.78, 5) is 17.0. The maximum atomic E-state index is 12.5. The molecule has 0 aliphatic rings. The minimum atomic E-state index is -0.256. The molecular weight excluding hydrogens is 406 g/mol. The van der Waals surface area contributed by atoms with E-state index in [1.54, 1.807) is 0 Å². The van der Waals surface area contributed by atoms with Gasteiger partial charge in [-0.05, 0) is 65.7 Å². The first-order valence-electron chi connectivity index (χ1n) is 9.98. The monoisotopic (exact) mass is 429 g/mol. The Morgan fingerprint density at radius 1 is 0.968 bits per heavy atom. The van der Waals surface area contributed by atoms with Crippen LogP contribution in [0.15, 0.2) is 77.2 Å². The van der Waals surface area contributed by atoms with Crippen LogP contribution in [0.25, 0.3) is 22.6 Å². The number of anilines is 1. The van der Waals surface area contributed by atoms with E-state index < -0.39 is 0 Å². The Bertz CT molecular complexity index is 1220. The first-order valence-corrected chi connectivity index (χ1v) is 10.4. The van der Waals surface area contributed by atoms with E-state index in [0.29, 0.717) is 11.5 Å². The molecule has 0 fully saturated rings. The lowest BCUT2D eigenvalue weighted by Gasteiger charge is -2.19. The molecule has 156 valence electrons. The minimum absolute atomic E-state index is 0.0333. The summed E-state index contributed by atoms with van der Waals surface area (Å²) in [6, 6.07) is 22.7. The second kappa shape index (κ2) is 8.32. The van der Waals surface area contributed by atoms with Crippen molar-refractivity contribution in [3.63, 3.8) is 0 Å². The van der Waals surface area contributed by atoms with E-state index in [2.05, 4.69) is 36.4 Å². The van der Waals surface area contributed by atoms with Crippen LogP contribution in [-0.2, 0) is 5.41 Å². The number of aromatic nitrogens is 1. The number of hydrogen-bond donors (Lipinski definition) is 2. The molecule has 1 heterocycles. The normalized spacial score (nSPS) is 11.3. The van der Waals surface area contributed by atoms with E-state index in [1.165, 1.54) is 5.56 Å². The number of fused-ring (bicyclic) bond motifs is 1. The van der Waals surface area contributed by atoms with Gasteiger partial charge in [0, 0.05) is 16.8 Å². The van der Waals surface area contributed by atoms with Gasteiger partial charge in [0.25, 0.3) is 5.91 Å². The third-order valence-electron chi connectivity index (χ3n) is 4.90. The molecule has 0 atom stereocenters. The number of nitrogens with one attached hydrogen (secondary N) is 2. The summed E-state index contributed by atoms with van der Waals surface area (Å²) in [5.41, 5.74) is 4.83. The molecule has 2 N–H and O–H groups in total. The van der Waals surface area contributed by atoms with E-state index in [1.807, 2.05) is 72.8 Å². The SMILES string of the molecule is CC(C)(C)c1ccc(C(=O)NC(=S)Nc2cccc(-c3nc4ccccc4o3)c2)cc1. The van der Waals surface area contributed by atoms with Gasteiger partial charge in [0.05, 0.1) is 0 Å². The van der Waals surface area contributed by atoms with E-state index in [4.69, 9.17) is 16.6 Å². The van der Waals surface area contributed by atoms with Gasteiger partial charge in [0.2, 0.25) is 5.89 Å². The van der Waals surface area contributed by atoms with Crippen molar-refractivity contribution in [3.05, 3.63) is 83.9 Å². The molecule has 0 bridgehead atoms. The summed E-state index contributed by atoms with van der Waals surface area (Å²) in [6.07, 6.45) is 0. The van der Waals surface area contributed by atoms with Crippen molar-refractivity contribution >= 4 is 40.0 Å². The van der Waals surface area contributed by atoms with E-state index >= 15 is 0 Å². The van der Waals surface area contributed by atoms with Crippen molar-refractivity contribution in [3.8, 4) is 11.5 Å². The van der Waals surface area contributed by atoms with Crippen molar-refractivity contribution in [2.24, 2.45) is 0 Å². The molecule has 1 amide bonds. The molecular formula is C25H23N3O2S. The van der Waals surface area contributed by atoms with Crippen molar-refractivity contribution in [1.82, 2.24) is 10.3 Å². The van der Waals surface area contributed by atoms with Crippen molar-refractivity contribution in [1.29, 1.82) is 0 Å². The number of amides is 1. The van der Waals surface area contributed by atoms with Gasteiger partial charge in [-0.1, -0.05) is 51.1 Å². The number of hydrogen-bond acceptors (Lipinski definition) is 4. The molecule has 0 unspecified atom stereocenters. The van der Waals surface area contributed by atoms with Crippen LogP contribution in [0.1, 0.15) is 36.7 Å². The number of rotatable bonds is 3. The Kier molecular flexibility index (Phi) is 5.57. The highest BCUT2D eigenvalue weighted by Gasteiger charge is 2.15.